The minimum atomic E-state index is -0.371. The van der Waals surface area contributed by atoms with Gasteiger partial charge in [0.25, 0.3) is 0 Å². The number of para-hydroxylation sites is 1. The third-order valence-corrected chi connectivity index (χ3v) is 2.35. The van der Waals surface area contributed by atoms with Crippen molar-refractivity contribution in [3.63, 3.8) is 0 Å². The Morgan fingerprint density at radius 2 is 2.06 bits per heavy atom. The van der Waals surface area contributed by atoms with E-state index in [1.807, 2.05) is 0 Å². The molecule has 0 bridgehead atoms. The molecule has 0 aliphatic rings. The van der Waals surface area contributed by atoms with Crippen LogP contribution in [0.3, 0.4) is 0 Å². The van der Waals surface area contributed by atoms with Crippen LogP contribution in [0.2, 0.25) is 0 Å². The van der Waals surface area contributed by atoms with Gasteiger partial charge in [-0.25, -0.2) is 0 Å². The van der Waals surface area contributed by atoms with Crippen molar-refractivity contribution in [3.05, 3.63) is 24.3 Å². The summed E-state index contributed by atoms with van der Waals surface area (Å²) in [6.45, 7) is 3.11. The molecule has 0 radical (unpaired) electrons. The number of aromatic nitrogens is 2. The van der Waals surface area contributed by atoms with Gasteiger partial charge in [0.05, 0.1) is 10.9 Å². The van der Waals surface area contributed by atoms with Crippen molar-refractivity contribution >= 4 is 22.8 Å². The van der Waals surface area contributed by atoms with Crippen LogP contribution in [0.4, 0.5) is 0 Å². The molecule has 0 aliphatic carbocycles. The third kappa shape index (κ3) is 2.04. The van der Waals surface area contributed by atoms with Gasteiger partial charge in [0.2, 0.25) is 11.8 Å². The molecule has 0 spiro atoms. The molecule has 0 unspecified atom stereocenters. The first-order chi connectivity index (χ1) is 8.13. The van der Waals surface area contributed by atoms with Crippen LogP contribution >= 0.6 is 0 Å². The lowest BCUT2D eigenvalue weighted by Gasteiger charge is -1.97. The van der Waals surface area contributed by atoms with Gasteiger partial charge in [-0.15, -0.1) is 5.10 Å². The van der Waals surface area contributed by atoms with Gasteiger partial charge < -0.3 is 4.74 Å². The second kappa shape index (κ2) is 4.37. The van der Waals surface area contributed by atoms with Crippen molar-refractivity contribution in [1.82, 2.24) is 9.78 Å². The summed E-state index contributed by atoms with van der Waals surface area (Å²) in [5.41, 5.74) is 0.638. The van der Waals surface area contributed by atoms with Crippen LogP contribution in [0.5, 0.6) is 5.88 Å². The molecule has 5 nitrogen and oxygen atoms in total. The molecule has 0 atom stereocenters. The monoisotopic (exact) mass is 232 g/mol. The highest BCUT2D eigenvalue weighted by Gasteiger charge is 2.15. The van der Waals surface area contributed by atoms with E-state index in [4.69, 9.17) is 4.74 Å². The number of fused-ring (bicyclic) bond motifs is 1. The van der Waals surface area contributed by atoms with E-state index in [1.165, 1.54) is 11.6 Å². The first-order valence-corrected chi connectivity index (χ1v) is 5.33. The SMILES string of the molecule is CCC(=O)Oc1nn(C(C)=O)c2ccccc12. The molecule has 1 heterocycles. The van der Waals surface area contributed by atoms with E-state index in [2.05, 4.69) is 5.10 Å². The topological polar surface area (TPSA) is 61.2 Å². The average molecular weight is 232 g/mol. The third-order valence-electron chi connectivity index (χ3n) is 2.35. The Morgan fingerprint density at radius 1 is 1.35 bits per heavy atom. The van der Waals surface area contributed by atoms with E-state index >= 15 is 0 Å². The lowest BCUT2D eigenvalue weighted by Crippen LogP contribution is -2.09. The molecule has 1 aromatic heterocycles. The van der Waals surface area contributed by atoms with Crippen LogP contribution in [0.15, 0.2) is 24.3 Å². The first-order valence-electron chi connectivity index (χ1n) is 5.33. The lowest BCUT2D eigenvalue weighted by atomic mass is 10.2. The zero-order valence-corrected chi connectivity index (χ0v) is 9.64. The molecule has 0 N–H and O–H groups in total. The van der Waals surface area contributed by atoms with E-state index in [1.54, 1.807) is 31.2 Å². The molecule has 0 saturated heterocycles. The second-order valence-corrected chi connectivity index (χ2v) is 3.58. The predicted octanol–water partition coefficient (Wildman–Crippen LogP) is 2.01. The fourth-order valence-corrected chi connectivity index (χ4v) is 1.53. The average Bonchev–Trinajstić information content (AvgIpc) is 2.68. The van der Waals surface area contributed by atoms with Crippen molar-refractivity contribution in [1.29, 1.82) is 0 Å². The van der Waals surface area contributed by atoms with Gasteiger partial charge in [0.1, 0.15) is 0 Å². The summed E-state index contributed by atoms with van der Waals surface area (Å²) in [6, 6.07) is 7.12. The zero-order valence-electron chi connectivity index (χ0n) is 9.64. The normalized spacial score (nSPS) is 10.5. The van der Waals surface area contributed by atoms with E-state index in [0.29, 0.717) is 10.9 Å². The summed E-state index contributed by atoms with van der Waals surface area (Å²) in [7, 11) is 0. The van der Waals surface area contributed by atoms with Crippen molar-refractivity contribution in [2.75, 3.05) is 0 Å². The number of rotatable bonds is 2. The Hall–Kier alpha value is -2.17. The largest absolute Gasteiger partial charge is 0.405 e. The summed E-state index contributed by atoms with van der Waals surface area (Å²) in [6.07, 6.45) is 0.265. The highest BCUT2D eigenvalue weighted by Crippen LogP contribution is 2.24. The van der Waals surface area contributed by atoms with Gasteiger partial charge in [-0.2, -0.15) is 4.68 Å². The van der Waals surface area contributed by atoms with Crippen molar-refractivity contribution in [2.45, 2.75) is 20.3 Å². The summed E-state index contributed by atoms with van der Waals surface area (Å²) in [4.78, 5) is 22.6. The summed E-state index contributed by atoms with van der Waals surface area (Å²) in [5, 5.41) is 4.66. The van der Waals surface area contributed by atoms with E-state index < -0.39 is 0 Å². The van der Waals surface area contributed by atoms with Crippen LogP contribution in [0.1, 0.15) is 25.1 Å². The molecule has 0 fully saturated rings. The standard InChI is InChI=1S/C12H12N2O3/c1-3-11(16)17-12-9-6-4-5-7-10(9)14(13-12)8(2)15/h4-7H,3H2,1-2H3. The quantitative estimate of drug-likeness (QED) is 0.743. The zero-order chi connectivity index (χ0) is 12.4. The molecule has 2 rings (SSSR count). The number of nitrogens with zero attached hydrogens (tertiary/aromatic N) is 2. The van der Waals surface area contributed by atoms with Crippen LogP contribution in [0, 0.1) is 0 Å². The van der Waals surface area contributed by atoms with Crippen LogP contribution in [-0.4, -0.2) is 21.7 Å². The highest BCUT2D eigenvalue weighted by atomic mass is 16.5. The summed E-state index contributed by atoms with van der Waals surface area (Å²) >= 11 is 0. The highest BCUT2D eigenvalue weighted by molar-refractivity contribution is 5.94. The molecular weight excluding hydrogens is 220 g/mol. The Balaban J connectivity index is 2.56. The van der Waals surface area contributed by atoms with Gasteiger partial charge >= 0.3 is 5.97 Å². The van der Waals surface area contributed by atoms with Crippen LogP contribution < -0.4 is 4.74 Å². The molecular formula is C12H12N2O3. The van der Waals surface area contributed by atoms with Gasteiger partial charge in [-0.3, -0.25) is 9.59 Å². The minimum absolute atomic E-state index is 0.183. The number of hydrogen-bond donors (Lipinski definition) is 0. The molecule has 0 saturated carbocycles. The Morgan fingerprint density at radius 3 is 2.71 bits per heavy atom. The van der Waals surface area contributed by atoms with Crippen LogP contribution in [-0.2, 0) is 4.79 Å². The maximum absolute atomic E-state index is 11.4. The Bertz CT molecular complexity index is 586. The maximum atomic E-state index is 11.4. The Labute approximate surface area is 98.0 Å². The molecule has 2 aromatic rings. The Kier molecular flexibility index (Phi) is 2.91. The summed E-state index contributed by atoms with van der Waals surface area (Å²) < 4.78 is 6.31. The molecule has 17 heavy (non-hydrogen) atoms. The number of esters is 1. The smallest absolute Gasteiger partial charge is 0.312 e. The first kappa shape index (κ1) is 11.3. The number of hydrogen-bond acceptors (Lipinski definition) is 4. The number of carbonyl (C=O) groups excluding carboxylic acids is 2. The molecule has 5 heteroatoms. The second-order valence-electron chi connectivity index (χ2n) is 3.58. The van der Waals surface area contributed by atoms with Gasteiger partial charge in [-0.1, -0.05) is 19.1 Å². The van der Waals surface area contributed by atoms with Crippen LogP contribution in [0.25, 0.3) is 10.9 Å². The van der Waals surface area contributed by atoms with Crippen molar-refractivity contribution < 1.29 is 14.3 Å². The lowest BCUT2D eigenvalue weighted by molar-refractivity contribution is -0.134. The predicted molar refractivity (Wildman–Crippen MR) is 62.0 cm³/mol. The minimum Gasteiger partial charge on any atom is -0.405 e. The van der Waals surface area contributed by atoms with Gasteiger partial charge in [-0.05, 0) is 12.1 Å². The number of ether oxygens (including phenoxy) is 1. The number of carbonyl (C=O) groups is 2. The van der Waals surface area contributed by atoms with Gasteiger partial charge in [0.15, 0.2) is 0 Å². The maximum Gasteiger partial charge on any atom is 0.312 e. The van der Waals surface area contributed by atoms with E-state index in [-0.39, 0.29) is 24.2 Å². The molecule has 0 amide bonds. The van der Waals surface area contributed by atoms with Crippen molar-refractivity contribution in [3.8, 4) is 5.88 Å². The van der Waals surface area contributed by atoms with Crippen molar-refractivity contribution in [2.24, 2.45) is 0 Å². The van der Waals surface area contributed by atoms with E-state index in [9.17, 15) is 9.59 Å². The molecule has 88 valence electrons. The number of benzene rings is 1. The van der Waals surface area contributed by atoms with E-state index in [0.717, 1.165) is 0 Å². The fourth-order valence-electron chi connectivity index (χ4n) is 1.53. The molecule has 1 aromatic carbocycles. The fraction of sp³-hybridized carbons (Fsp3) is 0.250. The summed E-state index contributed by atoms with van der Waals surface area (Å²) in [5.74, 6) is -0.411. The molecule has 0 aliphatic heterocycles. The van der Waals surface area contributed by atoms with Gasteiger partial charge in [0, 0.05) is 13.3 Å².